The van der Waals surface area contributed by atoms with Crippen molar-refractivity contribution >= 4 is 0 Å². The minimum absolute atomic E-state index is 0.101. The molecule has 192 valence electrons. The smallest absolute Gasteiger partial charge is 0.255 e. The second kappa shape index (κ2) is 11.6. The molecule has 9 heteroatoms. The van der Waals surface area contributed by atoms with E-state index in [1.54, 1.807) is 84.9 Å². The topological polar surface area (TPSA) is 138 Å². The Morgan fingerprint density at radius 3 is 1.64 bits per heavy atom. The molecule has 9 nitrogen and oxygen atoms in total. The molecule has 0 saturated carbocycles. The molecule has 0 bridgehead atoms. The van der Waals surface area contributed by atoms with Crippen LogP contribution in [0.5, 0.6) is 0 Å². The fourth-order valence-electron chi connectivity index (χ4n) is 3.92. The van der Waals surface area contributed by atoms with Crippen LogP contribution in [0.15, 0.2) is 91.0 Å². The number of hydrogen-bond donors (Lipinski definition) is 5. The standard InChI is InChI=1S/C27H30O9/c28-22-23(29)36-27(35-18-21-14-8-3-9-15-21,25(31)33-16-19-10-4-1-5-11-19)24(30)26(22,32)34-17-20-12-6-2-7-13-20/h1-15,22-25,28-32H,16-18H2/t22-,23?,24-,25?,26-,27-/m0/s1. The van der Waals surface area contributed by atoms with Gasteiger partial charge in [0.2, 0.25) is 12.1 Å². The summed E-state index contributed by atoms with van der Waals surface area (Å²) in [6, 6.07) is 26.5. The molecule has 4 rings (SSSR count). The largest absolute Gasteiger partial charge is 0.382 e. The van der Waals surface area contributed by atoms with E-state index in [2.05, 4.69) is 0 Å². The Hall–Kier alpha value is -2.70. The van der Waals surface area contributed by atoms with Gasteiger partial charge in [0.1, 0.15) is 0 Å². The van der Waals surface area contributed by atoms with Gasteiger partial charge in [0.25, 0.3) is 5.79 Å². The van der Waals surface area contributed by atoms with Crippen LogP contribution in [0.1, 0.15) is 16.7 Å². The molecule has 1 heterocycles. The summed E-state index contributed by atoms with van der Waals surface area (Å²) in [4.78, 5) is 0. The molecule has 1 aliphatic rings. The van der Waals surface area contributed by atoms with E-state index in [0.29, 0.717) is 16.7 Å². The van der Waals surface area contributed by atoms with Crippen LogP contribution < -0.4 is 0 Å². The van der Waals surface area contributed by atoms with E-state index in [1.165, 1.54) is 0 Å². The van der Waals surface area contributed by atoms with E-state index < -0.39 is 36.4 Å². The van der Waals surface area contributed by atoms with E-state index in [1.807, 2.05) is 6.07 Å². The van der Waals surface area contributed by atoms with Crippen molar-refractivity contribution in [3.63, 3.8) is 0 Å². The summed E-state index contributed by atoms with van der Waals surface area (Å²) in [6.07, 6.45) is -8.40. The highest BCUT2D eigenvalue weighted by molar-refractivity contribution is 5.16. The molecule has 0 aliphatic carbocycles. The van der Waals surface area contributed by atoms with E-state index in [0.717, 1.165) is 0 Å². The van der Waals surface area contributed by atoms with Crippen molar-refractivity contribution in [2.75, 3.05) is 0 Å². The lowest BCUT2D eigenvalue weighted by molar-refractivity contribution is -0.494. The van der Waals surface area contributed by atoms with Crippen LogP contribution in [0.2, 0.25) is 0 Å². The van der Waals surface area contributed by atoms with Gasteiger partial charge >= 0.3 is 0 Å². The van der Waals surface area contributed by atoms with Crippen LogP contribution in [0.3, 0.4) is 0 Å². The highest BCUT2D eigenvalue weighted by atomic mass is 16.8. The number of ether oxygens (including phenoxy) is 4. The van der Waals surface area contributed by atoms with Crippen molar-refractivity contribution in [2.45, 2.75) is 56.2 Å². The average molecular weight is 499 g/mol. The van der Waals surface area contributed by atoms with Crippen LogP contribution in [0, 0.1) is 0 Å². The van der Waals surface area contributed by atoms with Crippen molar-refractivity contribution in [3.8, 4) is 0 Å². The van der Waals surface area contributed by atoms with Crippen LogP contribution >= 0.6 is 0 Å². The quantitative estimate of drug-likeness (QED) is 0.263. The first-order valence-corrected chi connectivity index (χ1v) is 11.5. The SMILES string of the molecule is OC1O[C@](OCc2ccccc2)(C(O)OCc2ccccc2)[C@@H](O)[C@@](O)(OCc2ccccc2)[C@H]1O. The molecule has 0 aromatic heterocycles. The number of aliphatic hydroxyl groups is 5. The molecule has 0 amide bonds. The van der Waals surface area contributed by atoms with Crippen LogP contribution in [-0.2, 0) is 38.8 Å². The van der Waals surface area contributed by atoms with E-state index in [4.69, 9.17) is 18.9 Å². The highest BCUT2D eigenvalue weighted by Gasteiger charge is 2.67. The predicted octanol–water partition coefficient (Wildman–Crippen LogP) is 1.41. The van der Waals surface area contributed by atoms with Gasteiger partial charge in [-0.1, -0.05) is 91.0 Å². The summed E-state index contributed by atoms with van der Waals surface area (Å²) in [5.74, 6) is -5.32. The third-order valence-corrected chi connectivity index (χ3v) is 5.99. The minimum Gasteiger partial charge on any atom is -0.382 e. The van der Waals surface area contributed by atoms with Gasteiger partial charge in [-0.25, -0.2) is 0 Å². The molecule has 1 aliphatic heterocycles. The lowest BCUT2D eigenvalue weighted by Crippen LogP contribution is -2.76. The maximum atomic E-state index is 11.3. The number of benzene rings is 3. The lowest BCUT2D eigenvalue weighted by Gasteiger charge is -2.52. The van der Waals surface area contributed by atoms with Crippen molar-refractivity contribution in [3.05, 3.63) is 108 Å². The Kier molecular flexibility index (Phi) is 8.47. The monoisotopic (exact) mass is 498 g/mol. The van der Waals surface area contributed by atoms with Gasteiger partial charge in [-0.2, -0.15) is 0 Å². The molecule has 6 atom stereocenters. The van der Waals surface area contributed by atoms with Gasteiger partial charge in [-0.15, -0.1) is 0 Å². The molecule has 2 unspecified atom stereocenters. The van der Waals surface area contributed by atoms with Gasteiger partial charge < -0.3 is 44.5 Å². The number of rotatable bonds is 10. The Balaban J connectivity index is 1.62. The predicted molar refractivity (Wildman–Crippen MR) is 126 cm³/mol. The summed E-state index contributed by atoms with van der Waals surface area (Å²) in [7, 11) is 0. The maximum absolute atomic E-state index is 11.3. The van der Waals surface area contributed by atoms with Gasteiger partial charge in [-0.3, -0.25) is 0 Å². The zero-order valence-corrected chi connectivity index (χ0v) is 19.5. The van der Waals surface area contributed by atoms with Gasteiger partial charge in [0.15, 0.2) is 18.5 Å². The summed E-state index contributed by atoms with van der Waals surface area (Å²) in [6.45, 7) is -0.522. The molecule has 5 N–H and O–H groups in total. The van der Waals surface area contributed by atoms with E-state index in [9.17, 15) is 25.5 Å². The molecular formula is C27H30O9. The first-order valence-electron chi connectivity index (χ1n) is 11.5. The summed E-state index contributed by atoms with van der Waals surface area (Å²) in [5.41, 5.74) is 1.98. The molecular weight excluding hydrogens is 468 g/mol. The Morgan fingerprint density at radius 2 is 1.14 bits per heavy atom. The van der Waals surface area contributed by atoms with Crippen molar-refractivity contribution in [1.82, 2.24) is 0 Å². The fourth-order valence-corrected chi connectivity index (χ4v) is 3.92. The summed E-state index contributed by atoms with van der Waals surface area (Å²) < 4.78 is 22.4. The third-order valence-electron chi connectivity index (χ3n) is 5.99. The summed E-state index contributed by atoms with van der Waals surface area (Å²) >= 11 is 0. The molecule has 1 saturated heterocycles. The zero-order valence-electron chi connectivity index (χ0n) is 19.5. The van der Waals surface area contributed by atoms with Crippen molar-refractivity contribution in [2.24, 2.45) is 0 Å². The van der Waals surface area contributed by atoms with Crippen molar-refractivity contribution < 1.29 is 44.5 Å². The van der Waals surface area contributed by atoms with Crippen LogP contribution in [-0.4, -0.2) is 61.9 Å². The van der Waals surface area contributed by atoms with E-state index in [-0.39, 0.29) is 19.8 Å². The average Bonchev–Trinajstić information content (AvgIpc) is 2.92. The first kappa shape index (κ1) is 26.4. The second-order valence-corrected chi connectivity index (χ2v) is 8.53. The third kappa shape index (κ3) is 5.65. The lowest BCUT2D eigenvalue weighted by atomic mass is 9.90. The minimum atomic E-state index is -2.79. The molecule has 3 aromatic rings. The maximum Gasteiger partial charge on any atom is 0.255 e. The Bertz CT molecular complexity index is 1070. The zero-order chi connectivity index (χ0) is 25.6. The molecule has 3 aromatic carbocycles. The number of aliphatic hydroxyl groups excluding tert-OH is 4. The normalized spacial score (nSPS) is 29.1. The fraction of sp³-hybridized carbons (Fsp3) is 0.333. The highest BCUT2D eigenvalue weighted by Crippen LogP contribution is 2.41. The molecule has 1 fully saturated rings. The molecule has 36 heavy (non-hydrogen) atoms. The summed E-state index contributed by atoms with van der Waals surface area (Å²) in [5, 5.41) is 54.8. The Morgan fingerprint density at radius 1 is 0.694 bits per heavy atom. The van der Waals surface area contributed by atoms with Crippen LogP contribution in [0.25, 0.3) is 0 Å². The van der Waals surface area contributed by atoms with Gasteiger partial charge in [0, 0.05) is 0 Å². The van der Waals surface area contributed by atoms with Gasteiger partial charge in [0.05, 0.1) is 19.8 Å². The Labute approximate surface area is 208 Å². The number of hydrogen-bond acceptors (Lipinski definition) is 9. The first-order chi connectivity index (χ1) is 17.3. The second-order valence-electron chi connectivity index (χ2n) is 8.53. The van der Waals surface area contributed by atoms with Crippen molar-refractivity contribution in [1.29, 1.82) is 0 Å². The van der Waals surface area contributed by atoms with Gasteiger partial charge in [-0.05, 0) is 16.7 Å². The van der Waals surface area contributed by atoms with Crippen LogP contribution in [0.4, 0.5) is 0 Å². The molecule has 0 spiro atoms. The molecule has 0 radical (unpaired) electrons. The van der Waals surface area contributed by atoms with E-state index >= 15 is 0 Å².